The first-order valence-corrected chi connectivity index (χ1v) is 6.30. The Labute approximate surface area is 113 Å². The summed E-state index contributed by atoms with van der Waals surface area (Å²) in [6, 6.07) is 15.1. The fourth-order valence-electron chi connectivity index (χ4n) is 1.92. The van der Waals surface area contributed by atoms with Gasteiger partial charge in [-0.05, 0) is 31.5 Å². The fraction of sp³-hybridized carbons (Fsp3) is 0.188. The van der Waals surface area contributed by atoms with Gasteiger partial charge in [0.2, 0.25) is 0 Å². The minimum atomic E-state index is -0.147. The van der Waals surface area contributed by atoms with Gasteiger partial charge in [0.15, 0.2) is 0 Å². The van der Waals surface area contributed by atoms with Crippen LogP contribution < -0.4 is 11.1 Å². The van der Waals surface area contributed by atoms with Crippen LogP contribution in [-0.4, -0.2) is 5.91 Å². The van der Waals surface area contributed by atoms with Crippen LogP contribution >= 0.6 is 0 Å². The minimum Gasteiger partial charge on any atom is -0.398 e. The third kappa shape index (κ3) is 3.13. The number of benzene rings is 2. The summed E-state index contributed by atoms with van der Waals surface area (Å²) in [6.45, 7) is 4.00. The van der Waals surface area contributed by atoms with Crippen molar-refractivity contribution >= 4 is 11.6 Å². The van der Waals surface area contributed by atoms with Crippen LogP contribution in [0.15, 0.2) is 48.5 Å². The molecule has 0 aliphatic heterocycles. The van der Waals surface area contributed by atoms with Crippen molar-refractivity contribution in [1.82, 2.24) is 5.32 Å². The number of aryl methyl sites for hydroxylation is 1. The standard InChI is InChI=1S/C16H18N2O/c1-11-7-9-13(10-8-11)12(2)18-16(19)14-5-3-4-6-15(14)17/h3-10,12H,17H2,1-2H3,(H,18,19). The Bertz CT molecular complexity index is 576. The van der Waals surface area contributed by atoms with E-state index in [4.69, 9.17) is 5.73 Å². The van der Waals surface area contributed by atoms with Crippen LogP contribution in [0.25, 0.3) is 0 Å². The first-order chi connectivity index (χ1) is 9.08. The van der Waals surface area contributed by atoms with Gasteiger partial charge in [-0.1, -0.05) is 42.0 Å². The molecule has 0 fully saturated rings. The molecule has 2 rings (SSSR count). The largest absolute Gasteiger partial charge is 0.398 e. The molecular weight excluding hydrogens is 236 g/mol. The number of amides is 1. The minimum absolute atomic E-state index is 0.0484. The summed E-state index contributed by atoms with van der Waals surface area (Å²) in [4.78, 5) is 12.1. The molecule has 0 saturated heterocycles. The lowest BCUT2D eigenvalue weighted by Gasteiger charge is -2.15. The molecule has 3 heteroatoms. The summed E-state index contributed by atoms with van der Waals surface area (Å²) in [5.41, 5.74) is 9.09. The van der Waals surface area contributed by atoms with E-state index in [0.29, 0.717) is 11.3 Å². The molecule has 0 bridgehead atoms. The van der Waals surface area contributed by atoms with Crippen molar-refractivity contribution in [3.8, 4) is 0 Å². The van der Waals surface area contributed by atoms with Crippen molar-refractivity contribution in [3.05, 3.63) is 65.2 Å². The fourth-order valence-corrected chi connectivity index (χ4v) is 1.92. The number of carbonyl (C=O) groups excluding carboxylic acids is 1. The number of rotatable bonds is 3. The number of anilines is 1. The van der Waals surface area contributed by atoms with Gasteiger partial charge in [0, 0.05) is 5.69 Å². The molecule has 0 spiro atoms. The highest BCUT2D eigenvalue weighted by Gasteiger charge is 2.13. The summed E-state index contributed by atoms with van der Waals surface area (Å²) < 4.78 is 0. The third-order valence-electron chi connectivity index (χ3n) is 3.13. The molecule has 19 heavy (non-hydrogen) atoms. The smallest absolute Gasteiger partial charge is 0.253 e. The molecule has 98 valence electrons. The molecule has 0 heterocycles. The molecule has 2 aromatic rings. The number of carbonyl (C=O) groups is 1. The molecule has 0 aliphatic carbocycles. The number of hydrogen-bond donors (Lipinski definition) is 2. The predicted molar refractivity (Wildman–Crippen MR) is 77.9 cm³/mol. The summed E-state index contributed by atoms with van der Waals surface area (Å²) >= 11 is 0. The Morgan fingerprint density at radius 3 is 2.37 bits per heavy atom. The van der Waals surface area contributed by atoms with Crippen molar-refractivity contribution in [2.45, 2.75) is 19.9 Å². The molecule has 3 N–H and O–H groups in total. The number of hydrogen-bond acceptors (Lipinski definition) is 2. The molecule has 0 radical (unpaired) electrons. The van der Waals surface area contributed by atoms with Crippen LogP contribution in [0.4, 0.5) is 5.69 Å². The normalized spacial score (nSPS) is 11.9. The molecular formula is C16H18N2O. The zero-order chi connectivity index (χ0) is 13.8. The van der Waals surface area contributed by atoms with E-state index < -0.39 is 0 Å². The zero-order valence-corrected chi connectivity index (χ0v) is 11.2. The first-order valence-electron chi connectivity index (χ1n) is 6.30. The summed E-state index contributed by atoms with van der Waals surface area (Å²) in [7, 11) is 0. The zero-order valence-electron chi connectivity index (χ0n) is 11.2. The Kier molecular flexibility index (Phi) is 3.85. The molecule has 0 saturated carbocycles. The molecule has 1 atom stereocenters. The first kappa shape index (κ1) is 13.1. The van der Waals surface area contributed by atoms with Gasteiger partial charge in [0.05, 0.1) is 11.6 Å². The van der Waals surface area contributed by atoms with Gasteiger partial charge in [-0.3, -0.25) is 4.79 Å². The van der Waals surface area contributed by atoms with Crippen LogP contribution in [0, 0.1) is 6.92 Å². The lowest BCUT2D eigenvalue weighted by molar-refractivity contribution is 0.0941. The van der Waals surface area contributed by atoms with E-state index in [2.05, 4.69) is 5.32 Å². The van der Waals surface area contributed by atoms with Crippen molar-refractivity contribution in [3.63, 3.8) is 0 Å². The predicted octanol–water partition coefficient (Wildman–Crippen LogP) is 3.07. The highest BCUT2D eigenvalue weighted by molar-refractivity contribution is 5.99. The van der Waals surface area contributed by atoms with Crippen LogP contribution in [0.5, 0.6) is 0 Å². The second-order valence-electron chi connectivity index (χ2n) is 4.69. The topological polar surface area (TPSA) is 55.1 Å². The Morgan fingerprint density at radius 1 is 1.11 bits per heavy atom. The van der Waals surface area contributed by atoms with Crippen LogP contribution in [-0.2, 0) is 0 Å². The van der Waals surface area contributed by atoms with Gasteiger partial charge < -0.3 is 11.1 Å². The van der Waals surface area contributed by atoms with E-state index in [1.165, 1.54) is 5.56 Å². The maximum absolute atomic E-state index is 12.1. The highest BCUT2D eigenvalue weighted by atomic mass is 16.1. The Morgan fingerprint density at radius 2 is 1.74 bits per heavy atom. The number of nitrogens with one attached hydrogen (secondary N) is 1. The van der Waals surface area contributed by atoms with Crippen molar-refractivity contribution in [2.24, 2.45) is 0 Å². The average Bonchev–Trinajstić information content (AvgIpc) is 2.39. The van der Waals surface area contributed by atoms with Crippen LogP contribution in [0.2, 0.25) is 0 Å². The van der Waals surface area contributed by atoms with Crippen molar-refractivity contribution in [1.29, 1.82) is 0 Å². The van der Waals surface area contributed by atoms with Crippen molar-refractivity contribution in [2.75, 3.05) is 5.73 Å². The lowest BCUT2D eigenvalue weighted by atomic mass is 10.1. The van der Waals surface area contributed by atoms with Gasteiger partial charge in [-0.25, -0.2) is 0 Å². The van der Waals surface area contributed by atoms with E-state index >= 15 is 0 Å². The molecule has 1 amide bonds. The maximum atomic E-state index is 12.1. The highest BCUT2D eigenvalue weighted by Crippen LogP contribution is 2.16. The maximum Gasteiger partial charge on any atom is 0.253 e. The Hall–Kier alpha value is -2.29. The lowest BCUT2D eigenvalue weighted by Crippen LogP contribution is -2.27. The van der Waals surface area contributed by atoms with E-state index in [-0.39, 0.29) is 11.9 Å². The second-order valence-corrected chi connectivity index (χ2v) is 4.69. The second kappa shape index (κ2) is 5.57. The van der Waals surface area contributed by atoms with Crippen molar-refractivity contribution < 1.29 is 4.79 Å². The monoisotopic (exact) mass is 254 g/mol. The third-order valence-corrected chi connectivity index (χ3v) is 3.13. The Balaban J connectivity index is 2.11. The van der Waals surface area contributed by atoms with E-state index in [0.717, 1.165) is 5.56 Å². The molecule has 3 nitrogen and oxygen atoms in total. The summed E-state index contributed by atoms with van der Waals surface area (Å²) in [6.07, 6.45) is 0. The summed E-state index contributed by atoms with van der Waals surface area (Å²) in [5, 5.41) is 2.95. The van der Waals surface area contributed by atoms with E-state index in [9.17, 15) is 4.79 Å². The van der Waals surface area contributed by atoms with E-state index in [1.54, 1.807) is 12.1 Å². The summed E-state index contributed by atoms with van der Waals surface area (Å²) in [5.74, 6) is -0.147. The van der Waals surface area contributed by atoms with Gasteiger partial charge in [-0.2, -0.15) is 0 Å². The van der Waals surface area contributed by atoms with Crippen LogP contribution in [0.3, 0.4) is 0 Å². The van der Waals surface area contributed by atoms with E-state index in [1.807, 2.05) is 50.2 Å². The number of nitrogen functional groups attached to an aromatic ring is 1. The van der Waals surface area contributed by atoms with Crippen LogP contribution in [0.1, 0.15) is 34.5 Å². The van der Waals surface area contributed by atoms with Gasteiger partial charge in [-0.15, -0.1) is 0 Å². The van der Waals surface area contributed by atoms with Gasteiger partial charge in [0.25, 0.3) is 5.91 Å². The van der Waals surface area contributed by atoms with Gasteiger partial charge >= 0.3 is 0 Å². The average molecular weight is 254 g/mol. The van der Waals surface area contributed by atoms with Gasteiger partial charge in [0.1, 0.15) is 0 Å². The molecule has 1 unspecified atom stereocenters. The molecule has 0 aliphatic rings. The molecule has 0 aromatic heterocycles. The SMILES string of the molecule is Cc1ccc(C(C)NC(=O)c2ccccc2N)cc1. The number of nitrogens with two attached hydrogens (primary N) is 1. The number of para-hydroxylation sites is 1. The quantitative estimate of drug-likeness (QED) is 0.827. The molecule has 2 aromatic carbocycles.